The zero-order valence-corrected chi connectivity index (χ0v) is 14.2. The van der Waals surface area contributed by atoms with E-state index >= 15 is 0 Å². The number of halogens is 1. The zero-order valence-electron chi connectivity index (χ0n) is 12.6. The quantitative estimate of drug-likeness (QED) is 0.761. The summed E-state index contributed by atoms with van der Waals surface area (Å²) < 4.78 is 5.82. The molecule has 0 radical (unpaired) electrons. The van der Waals surface area contributed by atoms with Gasteiger partial charge >= 0.3 is 0 Å². The molecule has 6 heteroatoms. The lowest BCUT2D eigenvalue weighted by molar-refractivity contribution is 0.0935. The Hall–Kier alpha value is -2.18. The van der Waals surface area contributed by atoms with E-state index in [-0.39, 0.29) is 11.8 Å². The maximum absolute atomic E-state index is 12.2. The fourth-order valence-electron chi connectivity index (χ4n) is 1.88. The van der Waals surface area contributed by atoms with Crippen molar-refractivity contribution >= 4 is 33.4 Å². The van der Waals surface area contributed by atoms with Crippen molar-refractivity contribution in [3.05, 3.63) is 64.1 Å². The summed E-state index contributed by atoms with van der Waals surface area (Å²) in [6, 6.07) is 13.8. The number of benzene rings is 2. The smallest absolute Gasteiger partial charge is 0.255 e. The molecule has 120 valence electrons. The van der Waals surface area contributed by atoms with Crippen molar-refractivity contribution < 1.29 is 14.3 Å². The van der Waals surface area contributed by atoms with Crippen molar-refractivity contribution in [1.29, 1.82) is 0 Å². The molecule has 2 N–H and O–H groups in total. The molecule has 0 aromatic heterocycles. The Kier molecular flexibility index (Phi) is 6.31. The van der Waals surface area contributed by atoms with Crippen LogP contribution in [0.25, 0.3) is 0 Å². The molecule has 2 aromatic rings. The first-order valence-electron chi connectivity index (χ1n) is 7.04. The summed E-state index contributed by atoms with van der Waals surface area (Å²) in [5.41, 5.74) is 1.70. The van der Waals surface area contributed by atoms with E-state index < -0.39 is 0 Å². The maximum Gasteiger partial charge on any atom is 0.255 e. The van der Waals surface area contributed by atoms with Crippen molar-refractivity contribution in [3.63, 3.8) is 0 Å². The van der Waals surface area contributed by atoms with Crippen molar-refractivity contribution in [2.75, 3.05) is 25.6 Å². The van der Waals surface area contributed by atoms with Crippen LogP contribution in [0.15, 0.2) is 53.0 Å². The number of hydrogen-bond acceptors (Lipinski definition) is 3. The van der Waals surface area contributed by atoms with Gasteiger partial charge in [0.25, 0.3) is 11.8 Å². The number of carbonyl (C=O) groups excluding carboxylic acids is 2. The summed E-state index contributed by atoms with van der Waals surface area (Å²) >= 11 is 3.34. The number of rotatable bonds is 6. The second-order valence-corrected chi connectivity index (χ2v) is 5.70. The Morgan fingerprint density at radius 2 is 1.52 bits per heavy atom. The topological polar surface area (TPSA) is 67.4 Å². The number of carbonyl (C=O) groups is 2. The SMILES string of the molecule is COCCNC(=O)c1ccc(C(=O)Nc2ccc(Br)cc2)cc1. The van der Waals surface area contributed by atoms with E-state index in [0.717, 1.165) is 4.47 Å². The molecular weight excluding hydrogens is 360 g/mol. The maximum atomic E-state index is 12.2. The number of anilines is 1. The molecule has 2 aromatic carbocycles. The van der Waals surface area contributed by atoms with E-state index in [9.17, 15) is 9.59 Å². The molecule has 2 amide bonds. The van der Waals surface area contributed by atoms with E-state index in [1.165, 1.54) is 0 Å². The van der Waals surface area contributed by atoms with E-state index in [1.54, 1.807) is 43.5 Å². The van der Waals surface area contributed by atoms with Gasteiger partial charge in [0.15, 0.2) is 0 Å². The molecule has 0 unspecified atom stereocenters. The van der Waals surface area contributed by atoms with Crippen LogP contribution >= 0.6 is 15.9 Å². The van der Waals surface area contributed by atoms with Crippen LogP contribution in [0.3, 0.4) is 0 Å². The first-order valence-corrected chi connectivity index (χ1v) is 7.83. The monoisotopic (exact) mass is 376 g/mol. The Morgan fingerprint density at radius 1 is 0.957 bits per heavy atom. The Balaban J connectivity index is 1.97. The van der Waals surface area contributed by atoms with Crippen LogP contribution in [0.5, 0.6) is 0 Å². The van der Waals surface area contributed by atoms with Crippen molar-refractivity contribution in [2.45, 2.75) is 0 Å². The predicted octanol–water partition coefficient (Wildman–Crippen LogP) is 3.08. The molecular formula is C17H17BrN2O3. The summed E-state index contributed by atoms with van der Waals surface area (Å²) in [6.45, 7) is 0.903. The lowest BCUT2D eigenvalue weighted by atomic mass is 10.1. The van der Waals surface area contributed by atoms with Crippen LogP contribution in [0, 0.1) is 0 Å². The van der Waals surface area contributed by atoms with Crippen LogP contribution in [-0.2, 0) is 4.74 Å². The number of amides is 2. The minimum absolute atomic E-state index is 0.193. The molecule has 0 saturated carbocycles. The highest BCUT2D eigenvalue weighted by atomic mass is 79.9. The van der Waals surface area contributed by atoms with Gasteiger partial charge in [0.2, 0.25) is 0 Å². The third-order valence-corrected chi connectivity index (χ3v) is 3.63. The molecule has 0 bridgehead atoms. The van der Waals surface area contributed by atoms with Gasteiger partial charge in [0.1, 0.15) is 0 Å². The molecule has 0 aliphatic heterocycles. The third-order valence-electron chi connectivity index (χ3n) is 3.10. The third kappa shape index (κ3) is 5.19. The predicted molar refractivity (Wildman–Crippen MR) is 92.7 cm³/mol. The van der Waals surface area contributed by atoms with Crippen molar-refractivity contribution in [3.8, 4) is 0 Å². The molecule has 0 aliphatic rings. The molecule has 0 spiro atoms. The molecule has 0 atom stereocenters. The Morgan fingerprint density at radius 3 is 2.09 bits per heavy atom. The average molecular weight is 377 g/mol. The standard InChI is InChI=1S/C17H17BrN2O3/c1-23-11-10-19-16(21)12-2-4-13(5-3-12)17(22)20-15-8-6-14(18)7-9-15/h2-9H,10-11H2,1H3,(H,19,21)(H,20,22). The van der Waals surface area contributed by atoms with Gasteiger partial charge in [-0.15, -0.1) is 0 Å². The van der Waals surface area contributed by atoms with Gasteiger partial charge in [-0.3, -0.25) is 9.59 Å². The van der Waals surface area contributed by atoms with Crippen LogP contribution < -0.4 is 10.6 Å². The largest absolute Gasteiger partial charge is 0.383 e. The lowest BCUT2D eigenvalue weighted by Crippen LogP contribution is -2.26. The van der Waals surface area contributed by atoms with E-state index in [4.69, 9.17) is 4.74 Å². The molecule has 23 heavy (non-hydrogen) atoms. The number of nitrogens with one attached hydrogen (secondary N) is 2. The molecule has 2 rings (SSSR count). The van der Waals surface area contributed by atoms with E-state index in [0.29, 0.717) is 30.0 Å². The molecule has 0 aliphatic carbocycles. The van der Waals surface area contributed by atoms with E-state index in [2.05, 4.69) is 26.6 Å². The van der Waals surface area contributed by atoms with Gasteiger partial charge < -0.3 is 15.4 Å². The fraction of sp³-hybridized carbons (Fsp3) is 0.176. The van der Waals surface area contributed by atoms with Crippen LogP contribution in [0.4, 0.5) is 5.69 Å². The van der Waals surface area contributed by atoms with Crippen molar-refractivity contribution in [2.24, 2.45) is 0 Å². The summed E-state index contributed by atoms with van der Waals surface area (Å²) in [7, 11) is 1.57. The van der Waals surface area contributed by atoms with Crippen LogP contribution in [0.1, 0.15) is 20.7 Å². The van der Waals surface area contributed by atoms with Gasteiger partial charge in [0.05, 0.1) is 6.61 Å². The number of ether oxygens (including phenoxy) is 1. The summed E-state index contributed by atoms with van der Waals surface area (Å²) in [6.07, 6.45) is 0. The Bertz CT molecular complexity index is 669. The van der Waals surface area contributed by atoms with Gasteiger partial charge in [-0.05, 0) is 48.5 Å². The van der Waals surface area contributed by atoms with Gasteiger partial charge in [0, 0.05) is 34.9 Å². The second-order valence-electron chi connectivity index (χ2n) is 4.79. The van der Waals surface area contributed by atoms with Crippen LogP contribution in [0.2, 0.25) is 0 Å². The van der Waals surface area contributed by atoms with Gasteiger partial charge in [-0.25, -0.2) is 0 Å². The molecule has 0 fully saturated rings. The van der Waals surface area contributed by atoms with E-state index in [1.807, 2.05) is 12.1 Å². The normalized spacial score (nSPS) is 10.2. The lowest BCUT2D eigenvalue weighted by Gasteiger charge is -2.07. The minimum atomic E-state index is -0.223. The highest BCUT2D eigenvalue weighted by molar-refractivity contribution is 9.10. The first-order chi connectivity index (χ1) is 11.1. The van der Waals surface area contributed by atoms with Gasteiger partial charge in [-0.1, -0.05) is 15.9 Å². The van der Waals surface area contributed by atoms with Gasteiger partial charge in [-0.2, -0.15) is 0 Å². The second kappa shape index (κ2) is 8.45. The first kappa shape index (κ1) is 17.2. The zero-order chi connectivity index (χ0) is 16.7. The van der Waals surface area contributed by atoms with Crippen LogP contribution in [-0.4, -0.2) is 32.1 Å². The number of methoxy groups -OCH3 is 1. The van der Waals surface area contributed by atoms with Crippen molar-refractivity contribution in [1.82, 2.24) is 5.32 Å². The minimum Gasteiger partial charge on any atom is -0.383 e. The fourth-order valence-corrected chi connectivity index (χ4v) is 2.14. The summed E-state index contributed by atoms with van der Waals surface area (Å²) in [4.78, 5) is 24.0. The summed E-state index contributed by atoms with van der Waals surface area (Å²) in [5.74, 6) is -0.416. The summed E-state index contributed by atoms with van der Waals surface area (Å²) in [5, 5.41) is 5.52. The Labute approximate surface area is 143 Å². The highest BCUT2D eigenvalue weighted by Gasteiger charge is 2.09. The molecule has 0 heterocycles. The molecule has 0 saturated heterocycles. The average Bonchev–Trinajstić information content (AvgIpc) is 2.57. The highest BCUT2D eigenvalue weighted by Crippen LogP contribution is 2.15. The number of hydrogen-bond donors (Lipinski definition) is 2. The molecule has 5 nitrogen and oxygen atoms in total.